The van der Waals surface area contributed by atoms with Crippen molar-refractivity contribution in [1.82, 2.24) is 15.5 Å². The number of benzene rings is 1. The molecular weight excluding hydrogens is 462 g/mol. The molecule has 3 aliphatic rings. The van der Waals surface area contributed by atoms with Crippen LogP contribution >= 0.6 is 11.8 Å². The fourth-order valence-corrected chi connectivity index (χ4v) is 8.80. The Balaban J connectivity index is 1.77. The molecule has 0 aromatic heterocycles. The number of thioether (sulfide) groups is 1. The normalized spacial score (nSPS) is 32.5. The topological polar surface area (TPSA) is 98.7 Å². The summed E-state index contributed by atoms with van der Waals surface area (Å²) in [5.41, 5.74) is 0.517. The average molecular weight is 502 g/mol. The second-order valence-electron chi connectivity index (χ2n) is 11.4. The molecule has 1 aromatic rings. The van der Waals surface area contributed by atoms with Gasteiger partial charge in [0.1, 0.15) is 6.04 Å². The van der Waals surface area contributed by atoms with Gasteiger partial charge in [-0.2, -0.15) is 0 Å². The number of aliphatic hydroxyl groups is 1. The third-order valence-corrected chi connectivity index (χ3v) is 9.78. The molecule has 35 heavy (non-hydrogen) atoms. The number of fused-ring (bicyclic) bond motifs is 1. The van der Waals surface area contributed by atoms with Crippen molar-refractivity contribution >= 4 is 29.5 Å². The number of amides is 3. The van der Waals surface area contributed by atoms with Crippen LogP contribution in [0.25, 0.3) is 0 Å². The molecule has 192 valence electrons. The molecule has 3 unspecified atom stereocenters. The quantitative estimate of drug-likeness (QED) is 0.508. The maximum atomic E-state index is 14.2. The molecule has 0 saturated carbocycles. The summed E-state index contributed by atoms with van der Waals surface area (Å²) < 4.78 is -0.685. The molecule has 0 aliphatic carbocycles. The van der Waals surface area contributed by atoms with Gasteiger partial charge in [0, 0.05) is 17.3 Å². The molecule has 2 bridgehead atoms. The summed E-state index contributed by atoms with van der Waals surface area (Å²) in [5.74, 6) is -1.39. The summed E-state index contributed by atoms with van der Waals surface area (Å²) in [4.78, 5) is 43.1. The van der Waals surface area contributed by atoms with Gasteiger partial charge in [-0.3, -0.25) is 14.4 Å². The van der Waals surface area contributed by atoms with E-state index in [0.29, 0.717) is 13.0 Å². The standard InChI is InChI=1S/C27H39N3O4S/c1-6-12-28-23(32)20-19-13-16(2)27(35-19)21(20)25(34)30(22(27)24(33)29-26(3,4)5)18(15-31)14-17-10-8-7-9-11-17/h7-11,16,18-22,31H,6,12-15H2,1-5H3,(H,28,32)(H,29,33)/t16?,18-,19-,20+,21+,22?,27?/m1/s1. The number of carbonyl (C=O) groups excluding carboxylic acids is 3. The minimum absolute atomic E-state index is 0.0181. The third-order valence-electron chi connectivity index (χ3n) is 7.70. The first-order chi connectivity index (χ1) is 16.5. The van der Waals surface area contributed by atoms with Crippen molar-refractivity contribution in [2.24, 2.45) is 17.8 Å². The summed E-state index contributed by atoms with van der Waals surface area (Å²) in [6, 6.07) is 8.44. The maximum absolute atomic E-state index is 14.2. The van der Waals surface area contributed by atoms with E-state index < -0.39 is 34.2 Å². The molecule has 3 N–H and O–H groups in total. The van der Waals surface area contributed by atoms with Crippen molar-refractivity contribution in [3.05, 3.63) is 35.9 Å². The van der Waals surface area contributed by atoms with Crippen molar-refractivity contribution in [1.29, 1.82) is 0 Å². The summed E-state index contributed by atoms with van der Waals surface area (Å²) in [5, 5.41) is 16.6. The second-order valence-corrected chi connectivity index (χ2v) is 12.9. The summed E-state index contributed by atoms with van der Waals surface area (Å²) in [6.07, 6.45) is 2.07. The van der Waals surface area contributed by atoms with E-state index in [9.17, 15) is 19.5 Å². The molecule has 8 heteroatoms. The molecule has 1 aromatic carbocycles. The van der Waals surface area contributed by atoms with Crippen molar-refractivity contribution in [2.75, 3.05) is 13.2 Å². The minimum Gasteiger partial charge on any atom is -0.394 e. The minimum atomic E-state index is -0.742. The van der Waals surface area contributed by atoms with Crippen LogP contribution in [0.4, 0.5) is 0 Å². The van der Waals surface area contributed by atoms with Gasteiger partial charge in [-0.05, 0) is 51.5 Å². The predicted molar refractivity (Wildman–Crippen MR) is 138 cm³/mol. The highest BCUT2D eigenvalue weighted by Gasteiger charge is 2.76. The molecule has 3 heterocycles. The predicted octanol–water partition coefficient (Wildman–Crippen LogP) is 2.37. The largest absolute Gasteiger partial charge is 0.394 e. The molecule has 3 fully saturated rings. The van der Waals surface area contributed by atoms with E-state index in [0.717, 1.165) is 18.4 Å². The lowest BCUT2D eigenvalue weighted by Gasteiger charge is -2.41. The van der Waals surface area contributed by atoms with Crippen LogP contribution in [0.2, 0.25) is 0 Å². The van der Waals surface area contributed by atoms with Crippen LogP contribution in [0.15, 0.2) is 30.3 Å². The first-order valence-electron chi connectivity index (χ1n) is 12.8. The van der Waals surface area contributed by atoms with Crippen LogP contribution in [0, 0.1) is 17.8 Å². The number of nitrogens with zero attached hydrogens (tertiary/aromatic N) is 1. The van der Waals surface area contributed by atoms with Crippen LogP contribution in [-0.4, -0.2) is 68.5 Å². The molecular formula is C27H39N3O4S. The summed E-state index contributed by atoms with van der Waals surface area (Å²) in [7, 11) is 0. The van der Waals surface area contributed by atoms with Gasteiger partial charge in [0.15, 0.2) is 0 Å². The average Bonchev–Trinajstić information content (AvgIpc) is 3.39. The molecule has 3 aliphatic heterocycles. The SMILES string of the molecule is CCCNC(=O)[C@@H]1[C@H]2C(=O)N([C@@H](CO)Cc3ccccc3)C(C(=O)NC(C)(C)C)C23S[C@@H]1CC3C. The fourth-order valence-electron chi connectivity index (χ4n) is 6.39. The molecule has 7 nitrogen and oxygen atoms in total. The molecule has 0 radical (unpaired) electrons. The zero-order valence-electron chi connectivity index (χ0n) is 21.4. The van der Waals surface area contributed by atoms with E-state index in [1.165, 1.54) is 0 Å². The van der Waals surface area contributed by atoms with E-state index in [-0.39, 0.29) is 35.5 Å². The summed E-state index contributed by atoms with van der Waals surface area (Å²) >= 11 is 1.67. The Kier molecular flexibility index (Phi) is 7.26. The van der Waals surface area contributed by atoms with Crippen LogP contribution in [0.1, 0.15) is 53.0 Å². The van der Waals surface area contributed by atoms with Gasteiger partial charge in [-0.15, -0.1) is 11.8 Å². The Morgan fingerprint density at radius 1 is 1.23 bits per heavy atom. The highest BCUT2D eigenvalue weighted by Crippen LogP contribution is 2.68. The van der Waals surface area contributed by atoms with Crippen molar-refractivity contribution in [3.63, 3.8) is 0 Å². The van der Waals surface area contributed by atoms with E-state index in [2.05, 4.69) is 17.6 Å². The number of carbonyl (C=O) groups is 3. The number of likely N-dealkylation sites (tertiary alicyclic amines) is 1. The second kappa shape index (κ2) is 9.77. The lowest BCUT2D eigenvalue weighted by Crippen LogP contribution is -2.61. The Hall–Kier alpha value is -2.06. The fraction of sp³-hybridized carbons (Fsp3) is 0.667. The Labute approximate surface area is 212 Å². The van der Waals surface area contributed by atoms with Crippen molar-refractivity contribution in [2.45, 2.75) is 81.5 Å². The van der Waals surface area contributed by atoms with Crippen LogP contribution in [0.3, 0.4) is 0 Å². The van der Waals surface area contributed by atoms with Crippen molar-refractivity contribution < 1.29 is 19.5 Å². The first kappa shape index (κ1) is 26.0. The molecule has 4 rings (SSSR count). The monoisotopic (exact) mass is 501 g/mol. The Morgan fingerprint density at radius 3 is 2.51 bits per heavy atom. The summed E-state index contributed by atoms with van der Waals surface area (Å²) in [6.45, 7) is 10.2. The van der Waals surface area contributed by atoms with Crippen molar-refractivity contribution in [3.8, 4) is 0 Å². The Bertz CT molecular complexity index is 965. The number of rotatable bonds is 8. The van der Waals surface area contributed by atoms with Gasteiger partial charge in [-0.1, -0.05) is 44.2 Å². The number of hydrogen-bond acceptors (Lipinski definition) is 5. The van der Waals surface area contributed by atoms with Gasteiger partial charge in [-0.25, -0.2) is 0 Å². The smallest absolute Gasteiger partial charge is 0.244 e. The number of aliphatic hydroxyl groups excluding tert-OH is 1. The lowest BCUT2D eigenvalue weighted by molar-refractivity contribution is -0.143. The highest BCUT2D eigenvalue weighted by molar-refractivity contribution is 8.02. The maximum Gasteiger partial charge on any atom is 0.244 e. The third kappa shape index (κ3) is 4.48. The van der Waals surface area contributed by atoms with Gasteiger partial charge in [0.2, 0.25) is 17.7 Å². The lowest BCUT2D eigenvalue weighted by atomic mass is 9.65. The Morgan fingerprint density at radius 2 is 1.91 bits per heavy atom. The van der Waals surface area contributed by atoms with Crippen LogP contribution in [0.5, 0.6) is 0 Å². The molecule has 3 saturated heterocycles. The van der Waals surface area contributed by atoms with Gasteiger partial charge >= 0.3 is 0 Å². The molecule has 1 spiro atoms. The zero-order valence-corrected chi connectivity index (χ0v) is 22.2. The van der Waals surface area contributed by atoms with Gasteiger partial charge in [0.05, 0.1) is 29.2 Å². The molecule has 3 amide bonds. The van der Waals surface area contributed by atoms with E-state index in [1.807, 2.05) is 58.0 Å². The van der Waals surface area contributed by atoms with Crippen LogP contribution in [-0.2, 0) is 20.8 Å². The molecule has 7 atom stereocenters. The van der Waals surface area contributed by atoms with E-state index >= 15 is 0 Å². The van der Waals surface area contributed by atoms with E-state index in [4.69, 9.17) is 0 Å². The number of nitrogens with one attached hydrogen (secondary N) is 2. The zero-order chi connectivity index (χ0) is 25.5. The number of hydrogen-bond donors (Lipinski definition) is 3. The first-order valence-corrected chi connectivity index (χ1v) is 13.7. The van der Waals surface area contributed by atoms with Crippen LogP contribution < -0.4 is 10.6 Å². The van der Waals surface area contributed by atoms with Gasteiger partial charge < -0.3 is 20.6 Å². The van der Waals surface area contributed by atoms with Gasteiger partial charge in [0.25, 0.3) is 0 Å². The van der Waals surface area contributed by atoms with E-state index in [1.54, 1.807) is 16.7 Å². The highest BCUT2D eigenvalue weighted by atomic mass is 32.2.